The summed E-state index contributed by atoms with van der Waals surface area (Å²) in [6.45, 7) is 0. The summed E-state index contributed by atoms with van der Waals surface area (Å²) in [5.41, 5.74) is 11.5. The minimum absolute atomic E-state index is 0.152. The quantitative estimate of drug-likeness (QED) is 0.896. The Labute approximate surface area is 113 Å². The average molecular weight is 281 g/mol. The molecule has 2 heterocycles. The van der Waals surface area contributed by atoms with E-state index in [2.05, 4.69) is 9.97 Å². The first kappa shape index (κ1) is 12.7. The van der Waals surface area contributed by atoms with E-state index in [0.29, 0.717) is 20.8 Å². The number of carbonyl (C=O) groups excluding carboxylic acids is 1. The SMILES string of the molecule is NC(=O)c1ccc(N)c(Sc2ncccc2Cl)n1. The predicted octanol–water partition coefficient (Wildman–Crippen LogP) is 1.96. The Morgan fingerprint density at radius 1 is 1.28 bits per heavy atom. The molecule has 0 spiro atoms. The average Bonchev–Trinajstić information content (AvgIpc) is 2.34. The summed E-state index contributed by atoms with van der Waals surface area (Å²) in [5.74, 6) is -0.607. The van der Waals surface area contributed by atoms with Crippen LogP contribution in [0.15, 0.2) is 40.5 Å². The molecule has 4 N–H and O–H groups in total. The number of carbonyl (C=O) groups is 1. The lowest BCUT2D eigenvalue weighted by Crippen LogP contribution is -2.13. The van der Waals surface area contributed by atoms with E-state index in [9.17, 15) is 4.79 Å². The molecule has 18 heavy (non-hydrogen) atoms. The molecule has 0 bridgehead atoms. The van der Waals surface area contributed by atoms with E-state index in [1.807, 2.05) is 0 Å². The second-order valence-electron chi connectivity index (χ2n) is 3.35. The van der Waals surface area contributed by atoms with E-state index in [1.54, 1.807) is 24.4 Å². The van der Waals surface area contributed by atoms with Crippen molar-refractivity contribution in [2.75, 3.05) is 5.73 Å². The summed E-state index contributed by atoms with van der Waals surface area (Å²) in [7, 11) is 0. The summed E-state index contributed by atoms with van der Waals surface area (Å²) >= 11 is 7.17. The molecule has 0 atom stereocenters. The van der Waals surface area contributed by atoms with Gasteiger partial charge in [0.15, 0.2) is 0 Å². The fourth-order valence-corrected chi connectivity index (χ4v) is 2.24. The zero-order valence-electron chi connectivity index (χ0n) is 9.13. The van der Waals surface area contributed by atoms with E-state index >= 15 is 0 Å². The number of rotatable bonds is 3. The Balaban J connectivity index is 2.37. The molecule has 0 aliphatic heterocycles. The van der Waals surface area contributed by atoms with Crippen LogP contribution < -0.4 is 11.5 Å². The van der Waals surface area contributed by atoms with E-state index < -0.39 is 5.91 Å². The third-order valence-electron chi connectivity index (χ3n) is 2.06. The van der Waals surface area contributed by atoms with Gasteiger partial charge in [-0.25, -0.2) is 9.97 Å². The molecule has 0 radical (unpaired) electrons. The van der Waals surface area contributed by atoms with Crippen molar-refractivity contribution in [1.29, 1.82) is 0 Å². The van der Waals surface area contributed by atoms with Crippen molar-refractivity contribution < 1.29 is 4.79 Å². The lowest BCUT2D eigenvalue weighted by molar-refractivity contribution is 0.0995. The van der Waals surface area contributed by atoms with Crippen LogP contribution in [-0.4, -0.2) is 15.9 Å². The van der Waals surface area contributed by atoms with Gasteiger partial charge in [-0.15, -0.1) is 0 Å². The highest BCUT2D eigenvalue weighted by atomic mass is 35.5. The van der Waals surface area contributed by atoms with Crippen LogP contribution in [0.4, 0.5) is 5.69 Å². The highest BCUT2D eigenvalue weighted by molar-refractivity contribution is 7.99. The molecule has 0 saturated carbocycles. The Morgan fingerprint density at radius 2 is 2.06 bits per heavy atom. The highest BCUT2D eigenvalue weighted by Crippen LogP contribution is 2.33. The number of amides is 1. The Kier molecular flexibility index (Phi) is 3.69. The monoisotopic (exact) mass is 280 g/mol. The third kappa shape index (κ3) is 2.72. The van der Waals surface area contributed by atoms with Crippen LogP contribution in [-0.2, 0) is 0 Å². The van der Waals surface area contributed by atoms with Gasteiger partial charge in [0.2, 0.25) is 0 Å². The molecule has 2 aromatic rings. The molecule has 0 aliphatic carbocycles. The second kappa shape index (κ2) is 5.24. The molecule has 0 aromatic carbocycles. The number of primary amides is 1. The molecule has 2 aromatic heterocycles. The van der Waals surface area contributed by atoms with Crippen molar-refractivity contribution in [3.05, 3.63) is 41.2 Å². The number of nitrogen functional groups attached to an aromatic ring is 1. The van der Waals surface area contributed by atoms with Gasteiger partial charge in [-0.05, 0) is 36.0 Å². The Hall–Kier alpha value is -1.79. The van der Waals surface area contributed by atoms with Crippen molar-refractivity contribution >= 4 is 35.0 Å². The first-order chi connectivity index (χ1) is 8.58. The van der Waals surface area contributed by atoms with Crippen molar-refractivity contribution in [1.82, 2.24) is 9.97 Å². The normalized spacial score (nSPS) is 10.3. The smallest absolute Gasteiger partial charge is 0.267 e. The van der Waals surface area contributed by atoms with Crippen LogP contribution in [0.5, 0.6) is 0 Å². The molecular weight excluding hydrogens is 272 g/mol. The van der Waals surface area contributed by atoms with Gasteiger partial charge in [0.05, 0.1) is 10.7 Å². The van der Waals surface area contributed by atoms with Gasteiger partial charge in [0.1, 0.15) is 15.7 Å². The van der Waals surface area contributed by atoms with Crippen LogP contribution in [0.25, 0.3) is 0 Å². The Bertz CT molecular complexity index is 605. The highest BCUT2D eigenvalue weighted by Gasteiger charge is 2.11. The zero-order valence-corrected chi connectivity index (χ0v) is 10.7. The first-order valence-corrected chi connectivity index (χ1v) is 6.12. The lowest BCUT2D eigenvalue weighted by Gasteiger charge is -2.06. The number of nitrogens with two attached hydrogens (primary N) is 2. The summed E-state index contributed by atoms with van der Waals surface area (Å²) in [6, 6.07) is 6.49. The lowest BCUT2D eigenvalue weighted by atomic mass is 10.3. The van der Waals surface area contributed by atoms with Gasteiger partial charge in [-0.3, -0.25) is 4.79 Å². The van der Waals surface area contributed by atoms with E-state index in [4.69, 9.17) is 23.1 Å². The van der Waals surface area contributed by atoms with Crippen LogP contribution >= 0.6 is 23.4 Å². The van der Waals surface area contributed by atoms with Gasteiger partial charge in [-0.2, -0.15) is 0 Å². The standard InChI is InChI=1S/C11H9ClN4OS/c12-6-2-1-5-15-10(6)18-11-7(13)3-4-8(16-11)9(14)17/h1-5H,13H2,(H2,14,17). The van der Waals surface area contributed by atoms with Gasteiger partial charge < -0.3 is 11.5 Å². The molecule has 0 aliphatic rings. The number of aromatic nitrogens is 2. The maximum atomic E-state index is 11.1. The molecule has 92 valence electrons. The van der Waals surface area contributed by atoms with Crippen molar-refractivity contribution in [3.8, 4) is 0 Å². The molecule has 2 rings (SSSR count). The van der Waals surface area contributed by atoms with Gasteiger partial charge in [0.25, 0.3) is 5.91 Å². The summed E-state index contributed by atoms with van der Waals surface area (Å²) in [6.07, 6.45) is 1.61. The van der Waals surface area contributed by atoms with Gasteiger partial charge >= 0.3 is 0 Å². The van der Waals surface area contributed by atoms with Crippen LogP contribution in [0.1, 0.15) is 10.5 Å². The second-order valence-corrected chi connectivity index (χ2v) is 4.73. The number of hydrogen-bond acceptors (Lipinski definition) is 5. The molecule has 0 fully saturated rings. The van der Waals surface area contributed by atoms with E-state index in [0.717, 1.165) is 0 Å². The van der Waals surface area contributed by atoms with Crippen LogP contribution in [0.3, 0.4) is 0 Å². The van der Waals surface area contributed by atoms with Crippen molar-refractivity contribution in [3.63, 3.8) is 0 Å². The summed E-state index contributed by atoms with van der Waals surface area (Å²) in [5, 5.41) is 1.51. The number of anilines is 1. The van der Waals surface area contributed by atoms with Gasteiger partial charge in [-0.1, -0.05) is 11.6 Å². The fraction of sp³-hybridized carbons (Fsp3) is 0. The molecule has 7 heteroatoms. The maximum absolute atomic E-state index is 11.1. The maximum Gasteiger partial charge on any atom is 0.267 e. The van der Waals surface area contributed by atoms with E-state index in [1.165, 1.54) is 17.8 Å². The topological polar surface area (TPSA) is 94.9 Å². The van der Waals surface area contributed by atoms with Crippen LogP contribution in [0, 0.1) is 0 Å². The van der Waals surface area contributed by atoms with Gasteiger partial charge in [0, 0.05) is 6.20 Å². The fourth-order valence-electron chi connectivity index (χ4n) is 1.21. The number of nitrogens with zero attached hydrogens (tertiary/aromatic N) is 2. The minimum Gasteiger partial charge on any atom is -0.397 e. The summed E-state index contributed by atoms with van der Waals surface area (Å²) in [4.78, 5) is 19.2. The number of halogens is 1. The number of pyridine rings is 2. The zero-order chi connectivity index (χ0) is 13.1. The minimum atomic E-state index is -0.607. The van der Waals surface area contributed by atoms with Crippen molar-refractivity contribution in [2.45, 2.75) is 10.1 Å². The predicted molar refractivity (Wildman–Crippen MR) is 70.5 cm³/mol. The molecule has 5 nitrogen and oxygen atoms in total. The first-order valence-electron chi connectivity index (χ1n) is 4.92. The summed E-state index contributed by atoms with van der Waals surface area (Å²) < 4.78 is 0. The molecule has 0 saturated heterocycles. The Morgan fingerprint density at radius 3 is 2.72 bits per heavy atom. The van der Waals surface area contributed by atoms with Crippen molar-refractivity contribution in [2.24, 2.45) is 5.73 Å². The largest absolute Gasteiger partial charge is 0.397 e. The molecular formula is C11H9ClN4OS. The molecule has 1 amide bonds. The number of hydrogen-bond donors (Lipinski definition) is 2. The third-order valence-corrected chi connectivity index (χ3v) is 3.52. The van der Waals surface area contributed by atoms with E-state index in [-0.39, 0.29) is 5.69 Å². The molecule has 0 unspecified atom stereocenters. The van der Waals surface area contributed by atoms with Crippen LogP contribution in [0.2, 0.25) is 5.02 Å².